The monoisotopic (exact) mass is 367 g/mol. The minimum atomic E-state index is -0.506. The highest BCUT2D eigenvalue weighted by Gasteiger charge is 2.23. The molecule has 2 aromatic carbocycles. The molecule has 0 bridgehead atoms. The summed E-state index contributed by atoms with van der Waals surface area (Å²) >= 11 is 0. The second kappa shape index (κ2) is 8.54. The summed E-state index contributed by atoms with van der Waals surface area (Å²) < 4.78 is 18.9. The van der Waals surface area contributed by atoms with Crippen molar-refractivity contribution in [1.82, 2.24) is 4.90 Å². The second-order valence-corrected chi connectivity index (χ2v) is 6.46. The number of carbonyl (C=O) groups is 1. The lowest BCUT2D eigenvalue weighted by Crippen LogP contribution is -2.49. The lowest BCUT2D eigenvalue weighted by Gasteiger charge is -2.36. The molecule has 0 unspecified atom stereocenters. The SMILES string of the molecule is COc1ccc(CCC(=O)N2CCN(c3cccc(F)c3C#N)CC2)cc1. The number of nitrogens with zero attached hydrogens (tertiary/aromatic N) is 3. The van der Waals surface area contributed by atoms with E-state index >= 15 is 0 Å². The van der Waals surface area contributed by atoms with Crippen LogP contribution in [-0.4, -0.2) is 44.1 Å². The summed E-state index contributed by atoms with van der Waals surface area (Å²) in [6.07, 6.45) is 1.14. The van der Waals surface area contributed by atoms with E-state index in [4.69, 9.17) is 4.74 Å². The van der Waals surface area contributed by atoms with Gasteiger partial charge in [0.15, 0.2) is 0 Å². The summed E-state index contributed by atoms with van der Waals surface area (Å²) in [5.74, 6) is 0.411. The van der Waals surface area contributed by atoms with Gasteiger partial charge in [-0.3, -0.25) is 4.79 Å². The topological polar surface area (TPSA) is 56.6 Å². The Hall–Kier alpha value is -3.07. The third-order valence-corrected chi connectivity index (χ3v) is 4.86. The van der Waals surface area contributed by atoms with Gasteiger partial charge < -0.3 is 14.5 Å². The van der Waals surface area contributed by atoms with E-state index in [9.17, 15) is 14.4 Å². The Morgan fingerprint density at radius 2 is 1.85 bits per heavy atom. The van der Waals surface area contributed by atoms with Gasteiger partial charge in [-0.1, -0.05) is 18.2 Å². The highest BCUT2D eigenvalue weighted by Crippen LogP contribution is 2.24. The van der Waals surface area contributed by atoms with Gasteiger partial charge in [-0.25, -0.2) is 4.39 Å². The highest BCUT2D eigenvalue weighted by molar-refractivity contribution is 5.77. The molecule has 140 valence electrons. The fourth-order valence-corrected chi connectivity index (χ4v) is 3.29. The molecule has 0 radical (unpaired) electrons. The highest BCUT2D eigenvalue weighted by atomic mass is 19.1. The first kappa shape index (κ1) is 18.7. The molecule has 27 heavy (non-hydrogen) atoms. The quantitative estimate of drug-likeness (QED) is 0.815. The number of rotatable bonds is 5. The molecule has 1 aliphatic rings. The average molecular weight is 367 g/mol. The van der Waals surface area contributed by atoms with Crippen LogP contribution < -0.4 is 9.64 Å². The summed E-state index contributed by atoms with van der Waals surface area (Å²) in [4.78, 5) is 16.3. The molecule has 3 rings (SSSR count). The van der Waals surface area contributed by atoms with Crippen LogP contribution in [0, 0.1) is 17.1 Å². The molecule has 0 N–H and O–H groups in total. The van der Waals surface area contributed by atoms with Crippen LogP contribution >= 0.6 is 0 Å². The van der Waals surface area contributed by atoms with Crippen molar-refractivity contribution in [1.29, 1.82) is 5.26 Å². The molecule has 1 aliphatic heterocycles. The first-order chi connectivity index (χ1) is 13.1. The summed E-state index contributed by atoms with van der Waals surface area (Å²) in [7, 11) is 1.63. The minimum Gasteiger partial charge on any atom is -0.497 e. The average Bonchev–Trinajstić information content (AvgIpc) is 2.72. The Morgan fingerprint density at radius 1 is 1.15 bits per heavy atom. The van der Waals surface area contributed by atoms with Gasteiger partial charge in [-0.05, 0) is 36.2 Å². The maximum Gasteiger partial charge on any atom is 0.223 e. The van der Waals surface area contributed by atoms with Gasteiger partial charge in [0.25, 0.3) is 0 Å². The lowest BCUT2D eigenvalue weighted by molar-refractivity contribution is -0.131. The van der Waals surface area contributed by atoms with Crippen LogP contribution in [0.15, 0.2) is 42.5 Å². The van der Waals surface area contributed by atoms with Gasteiger partial charge in [0.2, 0.25) is 5.91 Å². The van der Waals surface area contributed by atoms with Crippen LogP contribution in [-0.2, 0) is 11.2 Å². The van der Waals surface area contributed by atoms with Crippen LogP contribution in [0.3, 0.4) is 0 Å². The molecule has 1 heterocycles. The summed E-state index contributed by atoms with van der Waals surface area (Å²) in [6, 6.07) is 14.3. The summed E-state index contributed by atoms with van der Waals surface area (Å²) in [5, 5.41) is 9.19. The van der Waals surface area contributed by atoms with Crippen molar-refractivity contribution in [3.8, 4) is 11.8 Å². The fourth-order valence-electron chi connectivity index (χ4n) is 3.29. The molecular formula is C21H22FN3O2. The normalized spacial score (nSPS) is 14.0. The van der Waals surface area contributed by atoms with Crippen LogP contribution in [0.2, 0.25) is 0 Å². The standard InChI is InChI=1S/C21H22FN3O2/c1-27-17-8-5-16(6-9-17)7-10-21(26)25-13-11-24(12-14-25)20-4-2-3-19(22)18(20)15-23/h2-6,8-9H,7,10-14H2,1H3. The number of nitriles is 1. The van der Waals surface area contributed by atoms with Crippen molar-refractivity contribution in [2.75, 3.05) is 38.2 Å². The number of ether oxygens (including phenoxy) is 1. The van der Waals surface area contributed by atoms with E-state index in [1.807, 2.05) is 40.1 Å². The van der Waals surface area contributed by atoms with E-state index in [2.05, 4.69) is 0 Å². The minimum absolute atomic E-state index is 0.0665. The molecule has 0 saturated carbocycles. The zero-order chi connectivity index (χ0) is 19.2. The molecule has 0 aromatic heterocycles. The molecule has 0 spiro atoms. The van der Waals surface area contributed by atoms with Gasteiger partial charge in [0, 0.05) is 32.6 Å². The molecule has 6 heteroatoms. The number of amides is 1. The van der Waals surface area contributed by atoms with Gasteiger partial charge in [-0.15, -0.1) is 0 Å². The van der Waals surface area contributed by atoms with Crippen molar-refractivity contribution in [2.45, 2.75) is 12.8 Å². The first-order valence-corrected chi connectivity index (χ1v) is 8.96. The largest absolute Gasteiger partial charge is 0.497 e. The van der Waals surface area contributed by atoms with Crippen LogP contribution in [0.4, 0.5) is 10.1 Å². The Balaban J connectivity index is 1.53. The van der Waals surface area contributed by atoms with Crippen molar-refractivity contribution in [2.24, 2.45) is 0 Å². The molecule has 2 aromatic rings. The lowest BCUT2D eigenvalue weighted by atomic mass is 10.1. The third-order valence-electron chi connectivity index (χ3n) is 4.86. The number of anilines is 1. The fraction of sp³-hybridized carbons (Fsp3) is 0.333. The van der Waals surface area contributed by atoms with E-state index < -0.39 is 5.82 Å². The molecule has 0 aliphatic carbocycles. The van der Waals surface area contributed by atoms with E-state index in [1.165, 1.54) is 6.07 Å². The number of benzene rings is 2. The number of halogens is 1. The predicted octanol–water partition coefficient (Wildman–Crippen LogP) is 2.99. The molecule has 1 fully saturated rings. The second-order valence-electron chi connectivity index (χ2n) is 6.46. The van der Waals surface area contributed by atoms with E-state index in [1.54, 1.807) is 19.2 Å². The van der Waals surface area contributed by atoms with E-state index in [0.717, 1.165) is 11.3 Å². The predicted molar refractivity (Wildman–Crippen MR) is 101 cm³/mol. The molecule has 5 nitrogen and oxygen atoms in total. The smallest absolute Gasteiger partial charge is 0.223 e. The molecule has 1 saturated heterocycles. The van der Waals surface area contributed by atoms with Gasteiger partial charge in [0.05, 0.1) is 12.8 Å². The number of hydrogen-bond acceptors (Lipinski definition) is 4. The summed E-state index contributed by atoms with van der Waals surface area (Å²) in [5.41, 5.74) is 1.76. The van der Waals surface area contributed by atoms with Crippen LogP contribution in [0.5, 0.6) is 5.75 Å². The number of piperazine rings is 1. The van der Waals surface area contributed by atoms with Crippen LogP contribution in [0.25, 0.3) is 0 Å². The first-order valence-electron chi connectivity index (χ1n) is 8.96. The Bertz CT molecular complexity index is 837. The van der Waals surface area contributed by atoms with E-state index in [-0.39, 0.29) is 11.5 Å². The maximum absolute atomic E-state index is 13.8. The number of carbonyl (C=O) groups excluding carboxylic acids is 1. The van der Waals surface area contributed by atoms with Crippen molar-refractivity contribution in [3.63, 3.8) is 0 Å². The van der Waals surface area contributed by atoms with Crippen LogP contribution in [0.1, 0.15) is 17.5 Å². The molecule has 1 amide bonds. The number of methoxy groups -OCH3 is 1. The zero-order valence-corrected chi connectivity index (χ0v) is 15.3. The molecule has 0 atom stereocenters. The van der Waals surface area contributed by atoms with Crippen molar-refractivity contribution >= 4 is 11.6 Å². The van der Waals surface area contributed by atoms with Crippen molar-refractivity contribution in [3.05, 3.63) is 59.4 Å². The van der Waals surface area contributed by atoms with Gasteiger partial charge in [0.1, 0.15) is 23.2 Å². The Morgan fingerprint density at radius 3 is 2.48 bits per heavy atom. The van der Waals surface area contributed by atoms with Gasteiger partial charge in [-0.2, -0.15) is 5.26 Å². The Kier molecular flexibility index (Phi) is 5.92. The maximum atomic E-state index is 13.8. The van der Waals surface area contributed by atoms with E-state index in [0.29, 0.717) is 44.7 Å². The summed E-state index contributed by atoms with van der Waals surface area (Å²) in [6.45, 7) is 2.32. The number of hydrogen-bond donors (Lipinski definition) is 0. The zero-order valence-electron chi connectivity index (χ0n) is 15.3. The molecular weight excluding hydrogens is 345 g/mol. The third kappa shape index (κ3) is 4.37. The van der Waals surface area contributed by atoms with Gasteiger partial charge >= 0.3 is 0 Å². The van der Waals surface area contributed by atoms with Crippen molar-refractivity contribution < 1.29 is 13.9 Å². The number of aryl methyl sites for hydroxylation is 1. The Labute approximate surface area is 158 Å².